The fraction of sp³-hybridized carbons (Fsp3) is 0.875. The predicted molar refractivity (Wildman–Crippen MR) is 45.7 cm³/mol. The third-order valence-electron chi connectivity index (χ3n) is 1.21. The number of carbonyl (C=O) groups is 1. The molecule has 0 heterocycles. The van der Waals surface area contributed by atoms with Crippen LogP contribution in [-0.2, 0) is 14.3 Å². The molecule has 0 aliphatic carbocycles. The molecule has 0 aromatic rings. The maximum Gasteiger partial charge on any atom is 0.218 e. The summed E-state index contributed by atoms with van der Waals surface area (Å²) in [5.41, 5.74) is 0. The standard InChI is InChI=1S/C8H17NO3/c1-4-11-6-8(12-5-2)9-7(3)10/h8H,4-6H2,1-3H3,(H,9,10). The van der Waals surface area contributed by atoms with Crippen LogP contribution in [-0.4, -0.2) is 32.0 Å². The number of nitrogens with one attached hydrogen (secondary N) is 1. The Morgan fingerprint density at radius 3 is 2.50 bits per heavy atom. The van der Waals surface area contributed by atoms with Crippen LogP contribution in [0.2, 0.25) is 0 Å². The molecule has 0 radical (unpaired) electrons. The minimum Gasteiger partial charge on any atom is -0.377 e. The van der Waals surface area contributed by atoms with E-state index in [0.29, 0.717) is 19.8 Å². The minimum absolute atomic E-state index is 0.104. The van der Waals surface area contributed by atoms with Gasteiger partial charge in [-0.15, -0.1) is 0 Å². The Hall–Kier alpha value is -0.610. The number of amides is 1. The summed E-state index contributed by atoms with van der Waals surface area (Å²) in [4.78, 5) is 10.6. The van der Waals surface area contributed by atoms with Crippen molar-refractivity contribution in [2.45, 2.75) is 27.0 Å². The average molecular weight is 175 g/mol. The normalized spacial score (nSPS) is 12.6. The molecular formula is C8H17NO3. The Morgan fingerprint density at radius 2 is 2.08 bits per heavy atom. The van der Waals surface area contributed by atoms with Gasteiger partial charge in [0.25, 0.3) is 0 Å². The van der Waals surface area contributed by atoms with E-state index in [1.165, 1.54) is 6.92 Å². The smallest absolute Gasteiger partial charge is 0.218 e. The van der Waals surface area contributed by atoms with E-state index in [-0.39, 0.29) is 12.1 Å². The number of carbonyl (C=O) groups excluding carboxylic acids is 1. The first kappa shape index (κ1) is 11.4. The lowest BCUT2D eigenvalue weighted by Crippen LogP contribution is -2.39. The van der Waals surface area contributed by atoms with Crippen molar-refractivity contribution in [3.05, 3.63) is 0 Å². The van der Waals surface area contributed by atoms with E-state index in [1.807, 2.05) is 13.8 Å². The molecule has 0 bridgehead atoms. The summed E-state index contributed by atoms with van der Waals surface area (Å²) >= 11 is 0. The topological polar surface area (TPSA) is 47.6 Å². The van der Waals surface area contributed by atoms with Crippen molar-refractivity contribution < 1.29 is 14.3 Å². The molecule has 12 heavy (non-hydrogen) atoms. The molecule has 1 amide bonds. The van der Waals surface area contributed by atoms with E-state index in [1.54, 1.807) is 0 Å². The summed E-state index contributed by atoms with van der Waals surface area (Å²) in [7, 11) is 0. The van der Waals surface area contributed by atoms with Crippen LogP contribution >= 0.6 is 0 Å². The second-order valence-corrected chi connectivity index (χ2v) is 2.30. The van der Waals surface area contributed by atoms with Crippen LogP contribution in [0.4, 0.5) is 0 Å². The summed E-state index contributed by atoms with van der Waals surface area (Å²) in [5, 5.41) is 2.63. The Balaban J connectivity index is 3.61. The number of rotatable bonds is 6. The Morgan fingerprint density at radius 1 is 1.42 bits per heavy atom. The lowest BCUT2D eigenvalue weighted by atomic mass is 10.5. The first-order chi connectivity index (χ1) is 5.70. The summed E-state index contributed by atoms with van der Waals surface area (Å²) in [6.07, 6.45) is -0.313. The van der Waals surface area contributed by atoms with Gasteiger partial charge in [0.15, 0.2) is 6.23 Å². The molecule has 4 nitrogen and oxygen atoms in total. The highest BCUT2D eigenvalue weighted by Gasteiger charge is 2.08. The third kappa shape index (κ3) is 6.12. The van der Waals surface area contributed by atoms with Gasteiger partial charge in [0.05, 0.1) is 6.61 Å². The van der Waals surface area contributed by atoms with Gasteiger partial charge in [-0.1, -0.05) is 0 Å². The maximum absolute atomic E-state index is 10.6. The largest absolute Gasteiger partial charge is 0.377 e. The molecule has 72 valence electrons. The molecule has 0 saturated heterocycles. The third-order valence-corrected chi connectivity index (χ3v) is 1.21. The lowest BCUT2D eigenvalue weighted by molar-refractivity contribution is -0.125. The molecule has 0 aromatic carbocycles. The summed E-state index contributed by atoms with van der Waals surface area (Å²) in [6.45, 7) is 6.83. The van der Waals surface area contributed by atoms with Gasteiger partial charge in [-0.25, -0.2) is 0 Å². The second kappa shape index (κ2) is 7.06. The van der Waals surface area contributed by atoms with Crippen molar-refractivity contribution in [3.8, 4) is 0 Å². The number of ether oxygens (including phenoxy) is 2. The van der Waals surface area contributed by atoms with Crippen LogP contribution in [0.15, 0.2) is 0 Å². The minimum atomic E-state index is -0.313. The van der Waals surface area contributed by atoms with Gasteiger partial charge in [-0.3, -0.25) is 4.79 Å². The highest BCUT2D eigenvalue weighted by atomic mass is 16.5. The molecular weight excluding hydrogens is 158 g/mol. The maximum atomic E-state index is 10.6. The Bertz CT molecular complexity index is 127. The van der Waals surface area contributed by atoms with Crippen LogP contribution < -0.4 is 5.32 Å². The van der Waals surface area contributed by atoms with Gasteiger partial charge in [0.1, 0.15) is 0 Å². The predicted octanol–water partition coefficient (Wildman–Crippen LogP) is 0.522. The van der Waals surface area contributed by atoms with Crippen molar-refractivity contribution in [2.75, 3.05) is 19.8 Å². The quantitative estimate of drug-likeness (QED) is 0.599. The van der Waals surface area contributed by atoms with Crippen LogP contribution in [0, 0.1) is 0 Å². The number of hydrogen-bond acceptors (Lipinski definition) is 3. The highest BCUT2D eigenvalue weighted by Crippen LogP contribution is 1.89. The molecule has 0 rings (SSSR count). The molecule has 1 N–H and O–H groups in total. The summed E-state index contributed by atoms with van der Waals surface area (Å²) < 4.78 is 10.3. The fourth-order valence-electron chi connectivity index (χ4n) is 0.784. The summed E-state index contributed by atoms with van der Waals surface area (Å²) in [6, 6.07) is 0. The molecule has 0 aliphatic rings. The van der Waals surface area contributed by atoms with Crippen LogP contribution in [0.1, 0.15) is 20.8 Å². The Kier molecular flexibility index (Phi) is 6.70. The van der Waals surface area contributed by atoms with E-state index >= 15 is 0 Å². The van der Waals surface area contributed by atoms with E-state index < -0.39 is 0 Å². The highest BCUT2D eigenvalue weighted by molar-refractivity contribution is 5.72. The molecule has 0 saturated carbocycles. The first-order valence-electron chi connectivity index (χ1n) is 4.17. The van der Waals surface area contributed by atoms with Gasteiger partial charge in [0, 0.05) is 20.1 Å². The SMILES string of the molecule is CCOCC(NC(C)=O)OCC. The van der Waals surface area contributed by atoms with E-state index in [0.717, 1.165) is 0 Å². The zero-order chi connectivity index (χ0) is 9.40. The monoisotopic (exact) mass is 175 g/mol. The summed E-state index contributed by atoms with van der Waals surface area (Å²) in [5.74, 6) is -0.104. The molecule has 0 aromatic heterocycles. The van der Waals surface area contributed by atoms with Gasteiger partial charge in [0.2, 0.25) is 5.91 Å². The van der Waals surface area contributed by atoms with E-state index in [4.69, 9.17) is 9.47 Å². The van der Waals surface area contributed by atoms with Gasteiger partial charge in [-0.2, -0.15) is 0 Å². The van der Waals surface area contributed by atoms with Crippen molar-refractivity contribution in [1.29, 1.82) is 0 Å². The second-order valence-electron chi connectivity index (χ2n) is 2.30. The van der Waals surface area contributed by atoms with E-state index in [9.17, 15) is 4.79 Å². The molecule has 0 spiro atoms. The van der Waals surface area contributed by atoms with Gasteiger partial charge in [-0.05, 0) is 13.8 Å². The van der Waals surface area contributed by atoms with Gasteiger partial charge >= 0.3 is 0 Å². The number of hydrogen-bond donors (Lipinski definition) is 1. The Labute approximate surface area is 73.2 Å². The molecule has 0 aliphatic heterocycles. The molecule has 0 fully saturated rings. The molecule has 1 unspecified atom stereocenters. The van der Waals surface area contributed by atoms with Crippen molar-refractivity contribution in [3.63, 3.8) is 0 Å². The van der Waals surface area contributed by atoms with Crippen LogP contribution in [0.3, 0.4) is 0 Å². The first-order valence-corrected chi connectivity index (χ1v) is 4.17. The zero-order valence-electron chi connectivity index (χ0n) is 7.92. The molecule has 1 atom stereocenters. The van der Waals surface area contributed by atoms with E-state index in [2.05, 4.69) is 5.32 Å². The van der Waals surface area contributed by atoms with Crippen molar-refractivity contribution >= 4 is 5.91 Å². The van der Waals surface area contributed by atoms with Crippen LogP contribution in [0.25, 0.3) is 0 Å². The van der Waals surface area contributed by atoms with Gasteiger partial charge < -0.3 is 14.8 Å². The van der Waals surface area contributed by atoms with Crippen LogP contribution in [0.5, 0.6) is 0 Å². The zero-order valence-corrected chi connectivity index (χ0v) is 7.92. The lowest BCUT2D eigenvalue weighted by Gasteiger charge is -2.16. The molecule has 4 heteroatoms. The van der Waals surface area contributed by atoms with Crippen molar-refractivity contribution in [1.82, 2.24) is 5.32 Å². The fourth-order valence-corrected chi connectivity index (χ4v) is 0.784. The van der Waals surface area contributed by atoms with Crippen molar-refractivity contribution in [2.24, 2.45) is 0 Å². The average Bonchev–Trinajstić information content (AvgIpc) is 2.00.